The van der Waals surface area contributed by atoms with Crippen LogP contribution in [0.5, 0.6) is 5.75 Å². The van der Waals surface area contributed by atoms with E-state index >= 15 is 0 Å². The molecule has 27 nitrogen and oxygen atoms in total. The first-order chi connectivity index (χ1) is 34.5. The third kappa shape index (κ3) is 20.7. The van der Waals surface area contributed by atoms with Gasteiger partial charge in [-0.25, -0.2) is 14.8 Å². The zero-order valence-corrected chi connectivity index (χ0v) is 41.4. The van der Waals surface area contributed by atoms with Crippen LogP contribution in [0.2, 0.25) is 0 Å². The smallest absolute Gasteiger partial charge is 0.326 e. The monoisotopic (exact) mass is 1020 g/mol. The van der Waals surface area contributed by atoms with E-state index < -0.39 is 120 Å². The number of imidazole rings is 2. The molecule has 0 saturated carbocycles. The number of aliphatic carboxylic acids is 1. The summed E-state index contributed by atoms with van der Waals surface area (Å²) in [6, 6.07) is -6.16. The number of aromatic amines is 2. The number of amides is 9. The topological polar surface area (TPSA) is 443 Å². The summed E-state index contributed by atoms with van der Waals surface area (Å²) in [7, 11) is 0. The van der Waals surface area contributed by atoms with Crippen molar-refractivity contribution in [3.05, 3.63) is 66.3 Å². The quantitative estimate of drug-likeness (QED) is 0.0276. The van der Waals surface area contributed by atoms with Crippen LogP contribution in [0.4, 0.5) is 0 Å². The second kappa shape index (κ2) is 29.4. The van der Waals surface area contributed by atoms with Gasteiger partial charge >= 0.3 is 5.97 Å². The molecule has 0 aliphatic rings. The number of carbonyl (C=O) groups excluding carboxylic acids is 9. The molecule has 400 valence electrons. The van der Waals surface area contributed by atoms with E-state index in [0.29, 0.717) is 29.8 Å². The van der Waals surface area contributed by atoms with Crippen molar-refractivity contribution in [1.82, 2.24) is 62.5 Å². The molecule has 9 atom stereocenters. The first kappa shape index (κ1) is 59.4. The van der Waals surface area contributed by atoms with E-state index in [4.69, 9.17) is 17.2 Å². The number of benzene rings is 1. The number of primary amides is 1. The summed E-state index contributed by atoms with van der Waals surface area (Å²) in [5.74, 6) is -9.22. The first-order valence-electron chi connectivity index (χ1n) is 23.6. The number of unbranched alkanes of at least 4 members (excludes halogenated alkanes) is 1. The Hall–Kier alpha value is -7.94. The summed E-state index contributed by atoms with van der Waals surface area (Å²) in [6.45, 7) is 7.78. The number of carboxylic acid groups (broad SMARTS) is 1. The van der Waals surface area contributed by atoms with Gasteiger partial charge in [0.1, 0.15) is 54.1 Å². The van der Waals surface area contributed by atoms with E-state index in [9.17, 15) is 58.2 Å². The number of hydrogen-bond donors (Lipinski definition) is 15. The maximum absolute atomic E-state index is 14.2. The highest BCUT2D eigenvalue weighted by Gasteiger charge is 2.34. The van der Waals surface area contributed by atoms with Crippen LogP contribution in [-0.2, 0) is 67.2 Å². The summed E-state index contributed by atoms with van der Waals surface area (Å²) < 4.78 is 0. The standard InChI is InChI=1S/C46H69N15O12/c1-23(2)14-32(58-39(65)25(4)55-43(69)35(18-37(49)63)57-38(64)24(3)48)42(68)54-26(5)40(66)59-34(16-28-19-50-21-52-28)45(71)56-31(8-6-7-13-47)41(67)60-33(15-27-9-11-30(62)12-10-27)44(70)61-36(46(72)73)17-29-20-51-22-53-29/h9-12,19-26,31-36,62H,6-8,13-18,47-48H2,1-5H3,(H2,49,63)(H,50,52)(H,51,53)(H,54,68)(H,55,69)(H,56,71)(H,57,64)(H,58,65)(H,59,66)(H,60,67)(H,61,70)(H,72,73)/t24-,25-,26-,31-,32-,33-,34-,35-,36-/m0/s1. The van der Waals surface area contributed by atoms with Gasteiger partial charge in [-0.05, 0) is 76.6 Å². The van der Waals surface area contributed by atoms with Crippen LogP contribution in [0.3, 0.4) is 0 Å². The fourth-order valence-corrected chi connectivity index (χ4v) is 7.07. The van der Waals surface area contributed by atoms with E-state index in [-0.39, 0.29) is 50.3 Å². The van der Waals surface area contributed by atoms with Crippen molar-refractivity contribution < 1.29 is 58.2 Å². The molecule has 0 radical (unpaired) electrons. The molecule has 9 amide bonds. The fraction of sp³-hybridized carbons (Fsp3) is 0.522. The molecule has 2 heterocycles. The normalized spacial score (nSPS) is 14.8. The number of phenolic OH excluding ortho intramolecular Hbond substituents is 1. The Morgan fingerprint density at radius 2 is 1.00 bits per heavy atom. The van der Waals surface area contributed by atoms with Crippen molar-refractivity contribution in [2.24, 2.45) is 23.1 Å². The Bertz CT molecular complexity index is 2330. The molecule has 0 spiro atoms. The summed E-state index contributed by atoms with van der Waals surface area (Å²) in [5, 5.41) is 40.0. The Morgan fingerprint density at radius 1 is 0.562 bits per heavy atom. The van der Waals surface area contributed by atoms with Gasteiger partial charge in [0.15, 0.2) is 0 Å². The second-order valence-corrected chi connectivity index (χ2v) is 18.0. The zero-order chi connectivity index (χ0) is 54.4. The minimum Gasteiger partial charge on any atom is -0.508 e. The number of nitrogens with one attached hydrogen (secondary N) is 10. The van der Waals surface area contributed by atoms with Gasteiger partial charge in [0.05, 0.1) is 25.1 Å². The maximum atomic E-state index is 14.2. The van der Waals surface area contributed by atoms with E-state index in [1.165, 1.54) is 70.1 Å². The SMILES string of the molecule is CC(C)C[C@H](NC(=O)[C@H](C)NC(=O)[C@H](CC(N)=O)NC(=O)[C@H](C)N)C(=O)N[C@@H](C)C(=O)N[C@@H](Cc1cnc[nH]1)C(=O)N[C@@H](CCCCN)C(=O)N[C@@H](Cc1ccc(O)cc1)C(=O)N[C@@H](Cc1cnc[nH]1)C(=O)O. The number of carbonyl (C=O) groups is 10. The molecule has 73 heavy (non-hydrogen) atoms. The lowest BCUT2D eigenvalue weighted by molar-refractivity contribution is -0.142. The lowest BCUT2D eigenvalue weighted by Crippen LogP contribution is -2.60. The van der Waals surface area contributed by atoms with Crippen LogP contribution in [-0.4, -0.2) is 150 Å². The van der Waals surface area contributed by atoms with Gasteiger partial charge in [0.2, 0.25) is 53.2 Å². The molecular weight excluding hydrogens is 955 g/mol. The predicted octanol–water partition coefficient (Wildman–Crippen LogP) is -3.73. The number of aromatic nitrogens is 4. The van der Waals surface area contributed by atoms with Gasteiger partial charge in [-0.3, -0.25) is 43.2 Å². The highest BCUT2D eigenvalue weighted by molar-refractivity contribution is 5.98. The molecule has 0 aliphatic heterocycles. The fourth-order valence-electron chi connectivity index (χ4n) is 7.07. The maximum Gasteiger partial charge on any atom is 0.326 e. The number of nitrogens with zero attached hydrogens (tertiary/aromatic N) is 2. The minimum absolute atomic E-state index is 0.0143. The molecule has 1 aromatic carbocycles. The van der Waals surface area contributed by atoms with Crippen LogP contribution < -0.4 is 59.7 Å². The van der Waals surface area contributed by atoms with Gasteiger partial charge in [-0.15, -0.1) is 0 Å². The lowest BCUT2D eigenvalue weighted by Gasteiger charge is -2.27. The van der Waals surface area contributed by atoms with E-state index in [0.717, 1.165) is 0 Å². The van der Waals surface area contributed by atoms with Gasteiger partial charge in [-0.2, -0.15) is 0 Å². The third-order valence-electron chi connectivity index (χ3n) is 11.1. The minimum atomic E-state index is -1.45. The van der Waals surface area contributed by atoms with E-state index in [1.54, 1.807) is 13.8 Å². The summed E-state index contributed by atoms with van der Waals surface area (Å²) >= 11 is 0. The van der Waals surface area contributed by atoms with Crippen molar-refractivity contribution in [2.75, 3.05) is 6.54 Å². The molecule has 3 rings (SSSR count). The number of H-pyrrole nitrogens is 2. The highest BCUT2D eigenvalue weighted by Crippen LogP contribution is 2.14. The Kier molecular flexibility index (Phi) is 23.9. The van der Waals surface area contributed by atoms with Crippen molar-refractivity contribution in [1.29, 1.82) is 0 Å². The Morgan fingerprint density at radius 3 is 1.48 bits per heavy atom. The number of rotatable bonds is 31. The average Bonchev–Trinajstić information content (AvgIpc) is 4.05. The lowest BCUT2D eigenvalue weighted by atomic mass is 10.0. The molecule has 3 aromatic rings. The molecule has 2 aromatic heterocycles. The molecule has 0 fully saturated rings. The van der Waals surface area contributed by atoms with Crippen LogP contribution in [0.1, 0.15) is 83.7 Å². The van der Waals surface area contributed by atoms with Crippen molar-refractivity contribution >= 4 is 59.1 Å². The Labute approximate surface area is 420 Å². The van der Waals surface area contributed by atoms with Crippen molar-refractivity contribution in [3.8, 4) is 5.75 Å². The van der Waals surface area contributed by atoms with Gasteiger partial charge in [0.25, 0.3) is 0 Å². The van der Waals surface area contributed by atoms with Gasteiger partial charge < -0.3 is 79.9 Å². The van der Waals surface area contributed by atoms with Crippen LogP contribution in [0.15, 0.2) is 49.3 Å². The molecule has 0 saturated heterocycles. The summed E-state index contributed by atoms with van der Waals surface area (Å²) in [6.07, 6.45) is 5.25. The van der Waals surface area contributed by atoms with Crippen LogP contribution in [0.25, 0.3) is 0 Å². The van der Waals surface area contributed by atoms with Crippen molar-refractivity contribution in [3.63, 3.8) is 0 Å². The molecule has 18 N–H and O–H groups in total. The van der Waals surface area contributed by atoms with E-state index in [2.05, 4.69) is 62.5 Å². The third-order valence-corrected chi connectivity index (χ3v) is 11.1. The number of aromatic hydroxyl groups is 1. The second-order valence-electron chi connectivity index (χ2n) is 18.0. The molecule has 27 heteroatoms. The van der Waals surface area contributed by atoms with Gasteiger partial charge in [-0.1, -0.05) is 26.0 Å². The molecule has 0 bridgehead atoms. The van der Waals surface area contributed by atoms with Crippen molar-refractivity contribution in [2.45, 2.75) is 140 Å². The number of hydrogen-bond acceptors (Lipinski definition) is 15. The molecular formula is C46H69N15O12. The number of carboxylic acids is 1. The zero-order valence-electron chi connectivity index (χ0n) is 41.4. The summed E-state index contributed by atoms with van der Waals surface area (Å²) in [4.78, 5) is 146. The van der Waals surface area contributed by atoms with E-state index in [1.807, 2.05) is 0 Å². The molecule has 0 aliphatic carbocycles. The Balaban J connectivity index is 1.81. The number of phenols is 1. The molecule has 0 unspecified atom stereocenters. The average molecular weight is 1020 g/mol. The predicted molar refractivity (Wildman–Crippen MR) is 261 cm³/mol. The number of nitrogens with two attached hydrogens (primary N) is 3. The first-order valence-corrected chi connectivity index (χ1v) is 23.6. The van der Waals surface area contributed by atoms with Crippen LogP contribution >= 0.6 is 0 Å². The summed E-state index contributed by atoms with van der Waals surface area (Å²) in [5.41, 5.74) is 17.9. The van der Waals surface area contributed by atoms with Crippen LogP contribution in [0, 0.1) is 5.92 Å². The largest absolute Gasteiger partial charge is 0.508 e. The van der Waals surface area contributed by atoms with Gasteiger partial charge in [0, 0.05) is 43.0 Å². The highest BCUT2D eigenvalue weighted by atomic mass is 16.4.